The highest BCUT2D eigenvalue weighted by Gasteiger charge is 2.13. The first-order valence-electron chi connectivity index (χ1n) is 5.19. The van der Waals surface area contributed by atoms with Crippen LogP contribution in [0.4, 0.5) is 0 Å². The third-order valence-corrected chi connectivity index (χ3v) is 2.19. The summed E-state index contributed by atoms with van der Waals surface area (Å²) in [5.41, 5.74) is 0. The maximum atomic E-state index is 9.44. The molecule has 0 aromatic carbocycles. The summed E-state index contributed by atoms with van der Waals surface area (Å²) in [5.74, 6) is 0. The van der Waals surface area contributed by atoms with Gasteiger partial charge in [0.1, 0.15) is 0 Å². The molecule has 0 aliphatic carbocycles. The Labute approximate surface area is 80.4 Å². The summed E-state index contributed by atoms with van der Waals surface area (Å²) in [6.07, 6.45) is 3.64. The molecule has 0 amide bonds. The van der Waals surface area contributed by atoms with Crippen molar-refractivity contribution < 1.29 is 15.3 Å². The van der Waals surface area contributed by atoms with Gasteiger partial charge >= 0.3 is 0 Å². The molecule has 3 N–H and O–H groups in total. The topological polar surface area (TPSA) is 60.7 Å². The van der Waals surface area contributed by atoms with Gasteiger partial charge in [0.05, 0.1) is 12.2 Å². The van der Waals surface area contributed by atoms with Crippen LogP contribution >= 0.6 is 0 Å². The molecule has 0 bridgehead atoms. The molecule has 0 fully saturated rings. The number of aliphatic hydroxyl groups is 3. The Hall–Kier alpha value is -0.120. The summed E-state index contributed by atoms with van der Waals surface area (Å²) < 4.78 is 0. The fourth-order valence-electron chi connectivity index (χ4n) is 1.32. The van der Waals surface area contributed by atoms with E-state index in [2.05, 4.69) is 0 Å². The summed E-state index contributed by atoms with van der Waals surface area (Å²) in [4.78, 5) is 0. The minimum absolute atomic E-state index is 0.216. The van der Waals surface area contributed by atoms with Gasteiger partial charge in [-0.3, -0.25) is 0 Å². The van der Waals surface area contributed by atoms with Gasteiger partial charge in [-0.15, -0.1) is 0 Å². The maximum Gasteiger partial charge on any atom is 0.0799 e. The number of hydrogen-bond acceptors (Lipinski definition) is 3. The molecule has 80 valence electrons. The lowest BCUT2D eigenvalue weighted by atomic mass is 10.0. The SMILES string of the molecule is CCCC(O)C(O)CCCCCO. The first-order chi connectivity index (χ1) is 6.22. The van der Waals surface area contributed by atoms with Gasteiger partial charge in [0.2, 0.25) is 0 Å². The zero-order chi connectivity index (χ0) is 10.1. The van der Waals surface area contributed by atoms with Crippen LogP contribution in [0.1, 0.15) is 45.4 Å². The van der Waals surface area contributed by atoms with E-state index in [0.29, 0.717) is 12.8 Å². The van der Waals surface area contributed by atoms with Crippen LogP contribution in [0.5, 0.6) is 0 Å². The minimum atomic E-state index is -0.585. The molecule has 0 saturated carbocycles. The van der Waals surface area contributed by atoms with E-state index in [0.717, 1.165) is 25.7 Å². The Morgan fingerprint density at radius 2 is 1.54 bits per heavy atom. The Morgan fingerprint density at radius 1 is 0.923 bits per heavy atom. The van der Waals surface area contributed by atoms with E-state index in [-0.39, 0.29) is 6.61 Å². The van der Waals surface area contributed by atoms with Gasteiger partial charge < -0.3 is 15.3 Å². The number of hydrogen-bond donors (Lipinski definition) is 3. The second-order valence-electron chi connectivity index (χ2n) is 3.50. The largest absolute Gasteiger partial charge is 0.396 e. The highest BCUT2D eigenvalue weighted by atomic mass is 16.3. The first-order valence-corrected chi connectivity index (χ1v) is 5.19. The normalized spacial score (nSPS) is 15.7. The molecule has 0 radical (unpaired) electrons. The van der Waals surface area contributed by atoms with Crippen LogP contribution in [0.3, 0.4) is 0 Å². The van der Waals surface area contributed by atoms with Crippen molar-refractivity contribution in [3.8, 4) is 0 Å². The van der Waals surface area contributed by atoms with E-state index >= 15 is 0 Å². The minimum Gasteiger partial charge on any atom is -0.396 e. The average molecular weight is 190 g/mol. The Morgan fingerprint density at radius 3 is 2.08 bits per heavy atom. The van der Waals surface area contributed by atoms with Gasteiger partial charge in [0, 0.05) is 6.61 Å². The maximum absolute atomic E-state index is 9.44. The molecule has 0 saturated heterocycles. The lowest BCUT2D eigenvalue weighted by molar-refractivity contribution is 0.00804. The molecule has 0 heterocycles. The third-order valence-electron chi connectivity index (χ3n) is 2.19. The molecule has 2 unspecified atom stereocenters. The number of unbranched alkanes of at least 4 members (excludes halogenated alkanes) is 2. The van der Waals surface area contributed by atoms with Crippen LogP contribution in [0.15, 0.2) is 0 Å². The van der Waals surface area contributed by atoms with Crippen LogP contribution < -0.4 is 0 Å². The number of aliphatic hydroxyl groups excluding tert-OH is 3. The van der Waals surface area contributed by atoms with Gasteiger partial charge in [0.15, 0.2) is 0 Å². The second kappa shape index (κ2) is 8.48. The van der Waals surface area contributed by atoms with E-state index in [1.54, 1.807) is 0 Å². The van der Waals surface area contributed by atoms with Crippen molar-refractivity contribution in [2.75, 3.05) is 6.61 Å². The molecule has 0 spiro atoms. The van der Waals surface area contributed by atoms with Crippen molar-refractivity contribution >= 4 is 0 Å². The summed E-state index contributed by atoms with van der Waals surface area (Å²) in [7, 11) is 0. The van der Waals surface area contributed by atoms with Gasteiger partial charge in [-0.1, -0.05) is 26.2 Å². The van der Waals surface area contributed by atoms with Crippen LogP contribution in [0.2, 0.25) is 0 Å². The van der Waals surface area contributed by atoms with Gasteiger partial charge in [-0.2, -0.15) is 0 Å². The molecule has 3 heteroatoms. The highest BCUT2D eigenvalue weighted by Crippen LogP contribution is 2.10. The van der Waals surface area contributed by atoms with E-state index in [1.165, 1.54) is 0 Å². The lowest BCUT2D eigenvalue weighted by Crippen LogP contribution is -2.25. The molecule has 0 aliphatic heterocycles. The zero-order valence-electron chi connectivity index (χ0n) is 8.45. The fourth-order valence-corrected chi connectivity index (χ4v) is 1.32. The lowest BCUT2D eigenvalue weighted by Gasteiger charge is -2.16. The van der Waals surface area contributed by atoms with Crippen molar-refractivity contribution in [2.24, 2.45) is 0 Å². The highest BCUT2D eigenvalue weighted by molar-refractivity contribution is 4.66. The second-order valence-corrected chi connectivity index (χ2v) is 3.50. The van der Waals surface area contributed by atoms with E-state index in [4.69, 9.17) is 5.11 Å². The summed E-state index contributed by atoms with van der Waals surface area (Å²) in [6, 6.07) is 0. The molecule has 3 nitrogen and oxygen atoms in total. The summed E-state index contributed by atoms with van der Waals surface area (Å²) >= 11 is 0. The number of rotatable bonds is 8. The first kappa shape index (κ1) is 12.9. The van der Waals surface area contributed by atoms with Crippen LogP contribution in [-0.4, -0.2) is 34.1 Å². The van der Waals surface area contributed by atoms with E-state index in [1.807, 2.05) is 6.92 Å². The van der Waals surface area contributed by atoms with Crippen molar-refractivity contribution in [1.82, 2.24) is 0 Å². The Bertz CT molecular complexity index is 106. The van der Waals surface area contributed by atoms with Crippen LogP contribution in [0, 0.1) is 0 Å². The molecule has 2 atom stereocenters. The molecular weight excluding hydrogens is 168 g/mol. The molecule has 0 aromatic rings. The standard InChI is InChI=1S/C10H22O3/c1-2-6-9(12)10(13)7-4-3-5-8-11/h9-13H,2-8H2,1H3. The van der Waals surface area contributed by atoms with Crippen molar-refractivity contribution in [1.29, 1.82) is 0 Å². The van der Waals surface area contributed by atoms with Crippen LogP contribution in [-0.2, 0) is 0 Å². The molecule has 0 aromatic heterocycles. The molecule has 13 heavy (non-hydrogen) atoms. The molecular formula is C10H22O3. The van der Waals surface area contributed by atoms with Crippen molar-refractivity contribution in [3.05, 3.63) is 0 Å². The van der Waals surface area contributed by atoms with E-state index < -0.39 is 12.2 Å². The monoisotopic (exact) mass is 190 g/mol. The quantitative estimate of drug-likeness (QED) is 0.502. The summed E-state index contributed by atoms with van der Waals surface area (Å²) in [6.45, 7) is 2.20. The average Bonchev–Trinajstić information content (AvgIpc) is 2.12. The molecule has 0 rings (SSSR count). The predicted molar refractivity (Wildman–Crippen MR) is 52.5 cm³/mol. The van der Waals surface area contributed by atoms with Crippen LogP contribution in [0.25, 0.3) is 0 Å². The predicted octanol–water partition coefficient (Wildman–Crippen LogP) is 1.06. The Kier molecular flexibility index (Phi) is 8.40. The fraction of sp³-hybridized carbons (Fsp3) is 1.00. The van der Waals surface area contributed by atoms with Crippen molar-refractivity contribution in [2.45, 2.75) is 57.7 Å². The molecule has 0 aliphatic rings. The van der Waals surface area contributed by atoms with Crippen molar-refractivity contribution in [3.63, 3.8) is 0 Å². The third kappa shape index (κ3) is 6.99. The van der Waals surface area contributed by atoms with Gasteiger partial charge in [-0.05, 0) is 19.3 Å². The van der Waals surface area contributed by atoms with Gasteiger partial charge in [-0.25, -0.2) is 0 Å². The summed E-state index contributed by atoms with van der Waals surface area (Å²) in [5, 5.41) is 27.3. The Balaban J connectivity index is 3.32. The van der Waals surface area contributed by atoms with Gasteiger partial charge in [0.25, 0.3) is 0 Å². The van der Waals surface area contributed by atoms with E-state index in [9.17, 15) is 10.2 Å². The smallest absolute Gasteiger partial charge is 0.0799 e. The zero-order valence-corrected chi connectivity index (χ0v) is 8.45.